The van der Waals surface area contributed by atoms with Gasteiger partial charge in [0.2, 0.25) is 0 Å². The molecule has 1 aromatic carbocycles. The van der Waals surface area contributed by atoms with E-state index in [4.69, 9.17) is 0 Å². The molecule has 0 unspecified atom stereocenters. The lowest BCUT2D eigenvalue weighted by Gasteiger charge is -2.07. The lowest BCUT2D eigenvalue weighted by molar-refractivity contribution is 0.0594. The van der Waals surface area contributed by atoms with Crippen LogP contribution in [0.25, 0.3) is 21.8 Å². The van der Waals surface area contributed by atoms with E-state index in [1.807, 2.05) is 19.1 Å². The highest BCUT2D eigenvalue weighted by molar-refractivity contribution is 6.05. The smallest absolute Gasteiger partial charge is 0.354 e. The zero-order valence-corrected chi connectivity index (χ0v) is 11.1. The van der Waals surface area contributed by atoms with Crippen LogP contribution in [-0.2, 0) is 4.74 Å². The summed E-state index contributed by atoms with van der Waals surface area (Å²) in [7, 11) is 1.27. The van der Waals surface area contributed by atoms with Crippen LogP contribution in [0.2, 0.25) is 0 Å². The first-order chi connectivity index (χ1) is 9.61. The Bertz CT molecular complexity index is 897. The van der Waals surface area contributed by atoms with Crippen LogP contribution in [0.3, 0.4) is 0 Å². The summed E-state index contributed by atoms with van der Waals surface area (Å²) < 4.78 is 4.65. The van der Waals surface area contributed by atoms with Gasteiger partial charge in [0.15, 0.2) is 5.43 Å². The molecule has 5 nitrogen and oxygen atoms in total. The van der Waals surface area contributed by atoms with E-state index in [-0.39, 0.29) is 11.1 Å². The van der Waals surface area contributed by atoms with Gasteiger partial charge in [-0.25, -0.2) is 4.79 Å². The van der Waals surface area contributed by atoms with Gasteiger partial charge in [0.25, 0.3) is 0 Å². The number of benzene rings is 1. The number of aryl methyl sites for hydroxylation is 1. The molecule has 20 heavy (non-hydrogen) atoms. The molecule has 0 atom stereocenters. The maximum atomic E-state index is 12.2. The third-order valence-corrected chi connectivity index (χ3v) is 3.31. The molecular weight excluding hydrogens is 256 g/mol. The normalized spacial score (nSPS) is 10.9. The molecule has 0 amide bonds. The van der Waals surface area contributed by atoms with Crippen molar-refractivity contribution in [2.45, 2.75) is 6.92 Å². The summed E-state index contributed by atoms with van der Waals surface area (Å²) in [6.07, 6.45) is 1.66. The van der Waals surface area contributed by atoms with Crippen LogP contribution in [-0.4, -0.2) is 23.0 Å². The van der Waals surface area contributed by atoms with Crippen LogP contribution in [0.5, 0.6) is 0 Å². The number of carbonyl (C=O) groups excluding carboxylic acids is 1. The molecule has 0 saturated carbocycles. The highest BCUT2D eigenvalue weighted by atomic mass is 16.5. The molecular formula is C15H12N2O3. The maximum Gasteiger partial charge on any atom is 0.354 e. The minimum absolute atomic E-state index is 0.126. The number of aromatic amines is 1. The number of esters is 1. The van der Waals surface area contributed by atoms with Crippen molar-refractivity contribution < 1.29 is 9.53 Å². The standard InChI is InChI=1S/C15H12N2O3/c1-8-6-10-12(18)7-11(15(19)20-2)17-14(10)13-9(8)4-3-5-16-13/h3-7H,1-2H3,(H,17,18). The number of H-pyrrole nitrogens is 1. The maximum absolute atomic E-state index is 12.2. The van der Waals surface area contributed by atoms with E-state index < -0.39 is 5.97 Å². The van der Waals surface area contributed by atoms with Gasteiger partial charge in [0.1, 0.15) is 5.69 Å². The molecule has 0 spiro atoms. The predicted octanol–water partition coefficient (Wildman–Crippen LogP) is 2.17. The van der Waals surface area contributed by atoms with Crippen molar-refractivity contribution in [1.82, 2.24) is 9.97 Å². The van der Waals surface area contributed by atoms with Gasteiger partial charge in [-0.05, 0) is 24.6 Å². The summed E-state index contributed by atoms with van der Waals surface area (Å²) in [4.78, 5) is 31.0. The van der Waals surface area contributed by atoms with Crippen LogP contribution in [0.15, 0.2) is 35.3 Å². The molecule has 0 saturated heterocycles. The van der Waals surface area contributed by atoms with Crippen molar-refractivity contribution in [2.75, 3.05) is 7.11 Å². The fraction of sp³-hybridized carbons (Fsp3) is 0.133. The van der Waals surface area contributed by atoms with E-state index in [0.29, 0.717) is 16.4 Å². The van der Waals surface area contributed by atoms with Crippen molar-refractivity contribution in [3.63, 3.8) is 0 Å². The molecule has 2 aromatic heterocycles. The molecule has 0 radical (unpaired) electrons. The number of methoxy groups -OCH3 is 1. The third-order valence-electron chi connectivity index (χ3n) is 3.31. The fourth-order valence-electron chi connectivity index (χ4n) is 2.34. The van der Waals surface area contributed by atoms with Crippen LogP contribution >= 0.6 is 0 Å². The van der Waals surface area contributed by atoms with Crippen molar-refractivity contribution in [2.24, 2.45) is 0 Å². The van der Waals surface area contributed by atoms with Gasteiger partial charge >= 0.3 is 5.97 Å². The molecule has 1 N–H and O–H groups in total. The largest absolute Gasteiger partial charge is 0.464 e. The monoisotopic (exact) mass is 268 g/mol. The molecule has 100 valence electrons. The predicted molar refractivity (Wildman–Crippen MR) is 75.9 cm³/mol. The first-order valence-electron chi connectivity index (χ1n) is 6.11. The van der Waals surface area contributed by atoms with E-state index in [1.165, 1.54) is 13.2 Å². The van der Waals surface area contributed by atoms with Crippen molar-refractivity contribution in [3.05, 3.63) is 51.9 Å². The Kier molecular flexibility index (Phi) is 2.75. The summed E-state index contributed by atoms with van der Waals surface area (Å²) in [5.74, 6) is -0.575. The van der Waals surface area contributed by atoms with Gasteiger partial charge in [0.05, 0.1) is 18.1 Å². The van der Waals surface area contributed by atoms with E-state index in [1.54, 1.807) is 12.3 Å². The van der Waals surface area contributed by atoms with Crippen LogP contribution in [0.4, 0.5) is 0 Å². The number of pyridine rings is 2. The van der Waals surface area contributed by atoms with Gasteiger partial charge < -0.3 is 9.72 Å². The Morgan fingerprint density at radius 2 is 2.10 bits per heavy atom. The summed E-state index contributed by atoms with van der Waals surface area (Å²) in [6, 6.07) is 6.82. The molecule has 2 heterocycles. The lowest BCUT2D eigenvalue weighted by Crippen LogP contribution is -2.12. The minimum Gasteiger partial charge on any atom is -0.464 e. The highest BCUT2D eigenvalue weighted by Crippen LogP contribution is 2.23. The zero-order valence-electron chi connectivity index (χ0n) is 11.1. The molecule has 0 bridgehead atoms. The Morgan fingerprint density at radius 1 is 1.30 bits per heavy atom. The molecule has 5 heteroatoms. The van der Waals surface area contributed by atoms with Gasteiger partial charge in [-0.3, -0.25) is 9.78 Å². The summed E-state index contributed by atoms with van der Waals surface area (Å²) >= 11 is 0. The number of rotatable bonds is 1. The molecule has 0 aliphatic rings. The second-order valence-electron chi connectivity index (χ2n) is 4.55. The van der Waals surface area contributed by atoms with Gasteiger partial charge in [-0.1, -0.05) is 6.07 Å². The number of hydrogen-bond donors (Lipinski definition) is 1. The van der Waals surface area contributed by atoms with E-state index >= 15 is 0 Å². The molecule has 0 aliphatic heterocycles. The lowest BCUT2D eigenvalue weighted by atomic mass is 10.0. The SMILES string of the molecule is COC(=O)c1cc(=O)c2cc(C)c3cccnc3c2[nH]1. The number of ether oxygens (including phenoxy) is 1. The Morgan fingerprint density at radius 3 is 2.85 bits per heavy atom. The summed E-state index contributed by atoms with van der Waals surface area (Å²) in [5.41, 5.74) is 2.09. The van der Waals surface area contributed by atoms with E-state index in [2.05, 4.69) is 14.7 Å². The topological polar surface area (TPSA) is 72.1 Å². The van der Waals surface area contributed by atoms with Crippen molar-refractivity contribution >= 4 is 27.8 Å². The van der Waals surface area contributed by atoms with E-state index in [0.717, 1.165) is 10.9 Å². The zero-order chi connectivity index (χ0) is 14.3. The van der Waals surface area contributed by atoms with Gasteiger partial charge in [-0.15, -0.1) is 0 Å². The van der Waals surface area contributed by atoms with Gasteiger partial charge in [-0.2, -0.15) is 0 Å². The van der Waals surface area contributed by atoms with Crippen molar-refractivity contribution in [3.8, 4) is 0 Å². The second kappa shape index (κ2) is 4.45. The number of fused-ring (bicyclic) bond motifs is 3. The van der Waals surface area contributed by atoms with Crippen molar-refractivity contribution in [1.29, 1.82) is 0 Å². The van der Waals surface area contributed by atoms with E-state index in [9.17, 15) is 9.59 Å². The number of carbonyl (C=O) groups is 1. The quantitative estimate of drug-likeness (QED) is 0.542. The molecule has 3 rings (SSSR count). The Labute approximate surface area is 114 Å². The first-order valence-corrected chi connectivity index (χ1v) is 6.11. The number of aromatic nitrogens is 2. The molecule has 0 aliphatic carbocycles. The number of nitrogens with zero attached hydrogens (tertiary/aromatic N) is 1. The average Bonchev–Trinajstić information content (AvgIpc) is 2.47. The molecule has 3 aromatic rings. The summed E-state index contributed by atoms with van der Waals surface area (Å²) in [6.45, 7) is 1.93. The fourth-order valence-corrected chi connectivity index (χ4v) is 2.34. The summed E-state index contributed by atoms with van der Waals surface area (Å²) in [5, 5.41) is 1.46. The minimum atomic E-state index is -0.575. The average molecular weight is 268 g/mol. The molecule has 0 fully saturated rings. The Hall–Kier alpha value is -2.69. The third kappa shape index (κ3) is 1.75. The van der Waals surface area contributed by atoms with Crippen LogP contribution in [0.1, 0.15) is 16.1 Å². The number of hydrogen-bond acceptors (Lipinski definition) is 4. The first kappa shape index (κ1) is 12.3. The Balaban J connectivity index is 2.51. The van der Waals surface area contributed by atoms with Crippen LogP contribution in [0, 0.1) is 6.92 Å². The second-order valence-corrected chi connectivity index (χ2v) is 4.55. The highest BCUT2D eigenvalue weighted by Gasteiger charge is 2.13. The van der Waals surface area contributed by atoms with Crippen LogP contribution < -0.4 is 5.43 Å². The number of nitrogens with one attached hydrogen (secondary N) is 1. The van der Waals surface area contributed by atoms with Gasteiger partial charge in [0, 0.05) is 23.0 Å².